The van der Waals surface area contributed by atoms with Crippen LogP contribution in [0.3, 0.4) is 0 Å². The molecule has 0 spiro atoms. The fourth-order valence-corrected chi connectivity index (χ4v) is 1.29. The molecule has 84 valence electrons. The van der Waals surface area contributed by atoms with E-state index in [2.05, 4.69) is 0 Å². The molecule has 0 saturated heterocycles. The van der Waals surface area contributed by atoms with E-state index in [1.54, 1.807) is 0 Å². The van der Waals surface area contributed by atoms with E-state index in [4.69, 9.17) is 9.47 Å². The van der Waals surface area contributed by atoms with Crippen molar-refractivity contribution in [3.05, 3.63) is 35.9 Å². The molecule has 0 unspecified atom stereocenters. The summed E-state index contributed by atoms with van der Waals surface area (Å²) in [6.07, 6.45) is 0.0640. The Morgan fingerprint density at radius 1 is 0.800 bits per heavy atom. The number of rotatable bonds is 5. The Hall–Kier alpha value is -0.860. The minimum Gasteiger partial charge on any atom is -0.346 e. The molecule has 0 radical (unpaired) electrons. The normalized spacial score (nSPS) is 11.7. The van der Waals surface area contributed by atoms with Crippen molar-refractivity contribution >= 4 is 0 Å². The molecule has 1 aromatic carbocycles. The zero-order valence-corrected chi connectivity index (χ0v) is 9.94. The highest BCUT2D eigenvalue weighted by Gasteiger charge is 2.15. The predicted molar refractivity (Wildman–Crippen MR) is 61.6 cm³/mol. The van der Waals surface area contributed by atoms with E-state index in [0.29, 0.717) is 0 Å². The van der Waals surface area contributed by atoms with Crippen LogP contribution < -0.4 is 0 Å². The summed E-state index contributed by atoms with van der Waals surface area (Å²) in [5.74, 6) is 0. The third-order valence-corrected chi connectivity index (χ3v) is 1.86. The molecular formula is C13H20O2. The third-order valence-electron chi connectivity index (χ3n) is 1.86. The number of benzene rings is 1. The van der Waals surface area contributed by atoms with Crippen LogP contribution in [0.5, 0.6) is 0 Å². The van der Waals surface area contributed by atoms with Crippen LogP contribution in [0.4, 0.5) is 0 Å². The zero-order valence-electron chi connectivity index (χ0n) is 9.94. The molecule has 2 heteroatoms. The van der Waals surface area contributed by atoms with E-state index in [-0.39, 0.29) is 18.5 Å². The maximum atomic E-state index is 5.72. The van der Waals surface area contributed by atoms with E-state index in [0.717, 1.165) is 5.56 Å². The Bertz CT molecular complexity index is 257. The largest absolute Gasteiger partial charge is 0.346 e. The van der Waals surface area contributed by atoms with Crippen molar-refractivity contribution in [3.8, 4) is 0 Å². The minimum absolute atomic E-state index is 0.161. The van der Waals surface area contributed by atoms with Crippen molar-refractivity contribution in [2.75, 3.05) is 0 Å². The average molecular weight is 208 g/mol. The van der Waals surface area contributed by atoms with Gasteiger partial charge in [-0.2, -0.15) is 0 Å². The van der Waals surface area contributed by atoms with Crippen molar-refractivity contribution in [1.29, 1.82) is 0 Å². The first kappa shape index (κ1) is 12.2. The maximum Gasteiger partial charge on any atom is 0.184 e. The van der Waals surface area contributed by atoms with Crippen LogP contribution in [0.1, 0.15) is 39.5 Å². The van der Waals surface area contributed by atoms with Gasteiger partial charge in [-0.05, 0) is 27.7 Å². The number of ether oxygens (including phenoxy) is 2. The van der Waals surface area contributed by atoms with Gasteiger partial charge in [0, 0.05) is 5.56 Å². The highest BCUT2D eigenvalue weighted by Crippen LogP contribution is 2.21. The highest BCUT2D eigenvalue weighted by molar-refractivity contribution is 5.16. The summed E-state index contributed by atoms with van der Waals surface area (Å²) in [7, 11) is 0. The van der Waals surface area contributed by atoms with E-state index in [9.17, 15) is 0 Å². The standard InChI is InChI=1S/C13H20O2/c1-10(2)14-13(15-11(3)4)12-8-6-5-7-9-12/h5-11,13H,1-4H3. The Labute approximate surface area is 92.2 Å². The first-order valence-corrected chi connectivity index (χ1v) is 5.45. The topological polar surface area (TPSA) is 18.5 Å². The first-order chi connectivity index (χ1) is 7.09. The van der Waals surface area contributed by atoms with Gasteiger partial charge in [-0.3, -0.25) is 0 Å². The van der Waals surface area contributed by atoms with Crippen molar-refractivity contribution < 1.29 is 9.47 Å². The SMILES string of the molecule is CC(C)OC(OC(C)C)c1ccccc1. The summed E-state index contributed by atoms with van der Waals surface area (Å²) in [6.45, 7) is 8.05. The van der Waals surface area contributed by atoms with Crippen LogP contribution in [0, 0.1) is 0 Å². The predicted octanol–water partition coefficient (Wildman–Crippen LogP) is 3.54. The molecule has 0 N–H and O–H groups in total. The quantitative estimate of drug-likeness (QED) is 0.689. The van der Waals surface area contributed by atoms with Gasteiger partial charge in [0.05, 0.1) is 12.2 Å². The van der Waals surface area contributed by atoms with Gasteiger partial charge in [-0.15, -0.1) is 0 Å². The van der Waals surface area contributed by atoms with Crippen molar-refractivity contribution in [3.63, 3.8) is 0 Å². The zero-order chi connectivity index (χ0) is 11.3. The lowest BCUT2D eigenvalue weighted by molar-refractivity contribution is -0.185. The lowest BCUT2D eigenvalue weighted by Crippen LogP contribution is -2.17. The van der Waals surface area contributed by atoms with Gasteiger partial charge in [0.1, 0.15) is 0 Å². The molecule has 1 aromatic rings. The van der Waals surface area contributed by atoms with Crippen molar-refractivity contribution in [1.82, 2.24) is 0 Å². The third kappa shape index (κ3) is 4.45. The molecule has 0 atom stereocenters. The summed E-state index contributed by atoms with van der Waals surface area (Å²) >= 11 is 0. The van der Waals surface area contributed by atoms with E-state index < -0.39 is 0 Å². The van der Waals surface area contributed by atoms with Gasteiger partial charge < -0.3 is 9.47 Å². The molecule has 0 fully saturated rings. The monoisotopic (exact) mass is 208 g/mol. The van der Waals surface area contributed by atoms with Crippen molar-refractivity contribution in [2.45, 2.75) is 46.2 Å². The van der Waals surface area contributed by atoms with Gasteiger partial charge in [-0.25, -0.2) is 0 Å². The Morgan fingerprint density at radius 3 is 1.67 bits per heavy atom. The smallest absolute Gasteiger partial charge is 0.184 e. The summed E-state index contributed by atoms with van der Waals surface area (Å²) < 4.78 is 11.4. The van der Waals surface area contributed by atoms with E-state index >= 15 is 0 Å². The molecule has 0 bridgehead atoms. The Morgan fingerprint density at radius 2 is 1.27 bits per heavy atom. The maximum absolute atomic E-state index is 5.72. The number of hydrogen-bond donors (Lipinski definition) is 0. The highest BCUT2D eigenvalue weighted by atomic mass is 16.7. The lowest BCUT2D eigenvalue weighted by atomic mass is 10.2. The fraction of sp³-hybridized carbons (Fsp3) is 0.538. The van der Waals surface area contributed by atoms with Crippen LogP contribution in [0.15, 0.2) is 30.3 Å². The second-order valence-corrected chi connectivity index (χ2v) is 4.11. The summed E-state index contributed by atoms with van der Waals surface area (Å²) in [5, 5.41) is 0. The second kappa shape index (κ2) is 5.89. The summed E-state index contributed by atoms with van der Waals surface area (Å²) in [4.78, 5) is 0. The summed E-state index contributed by atoms with van der Waals surface area (Å²) in [5.41, 5.74) is 1.07. The second-order valence-electron chi connectivity index (χ2n) is 4.11. The summed E-state index contributed by atoms with van der Waals surface area (Å²) in [6, 6.07) is 10.0. The minimum atomic E-state index is -0.258. The lowest BCUT2D eigenvalue weighted by Gasteiger charge is -2.23. The van der Waals surface area contributed by atoms with E-state index in [1.807, 2.05) is 58.0 Å². The molecule has 0 amide bonds. The molecule has 0 aliphatic carbocycles. The fourth-order valence-electron chi connectivity index (χ4n) is 1.29. The molecule has 1 rings (SSSR count). The molecule has 0 aliphatic heterocycles. The molecule has 0 aliphatic rings. The van der Waals surface area contributed by atoms with E-state index in [1.165, 1.54) is 0 Å². The number of hydrogen-bond acceptors (Lipinski definition) is 2. The van der Waals surface area contributed by atoms with Gasteiger partial charge >= 0.3 is 0 Å². The molecule has 15 heavy (non-hydrogen) atoms. The van der Waals surface area contributed by atoms with Crippen LogP contribution in [-0.2, 0) is 9.47 Å². The molecular weight excluding hydrogens is 188 g/mol. The van der Waals surface area contributed by atoms with Crippen LogP contribution in [0.2, 0.25) is 0 Å². The Balaban J connectivity index is 2.72. The van der Waals surface area contributed by atoms with Gasteiger partial charge in [0.15, 0.2) is 6.29 Å². The molecule has 0 aromatic heterocycles. The Kier molecular flexibility index (Phi) is 4.79. The van der Waals surface area contributed by atoms with Crippen molar-refractivity contribution in [2.24, 2.45) is 0 Å². The molecule has 0 heterocycles. The van der Waals surface area contributed by atoms with Crippen LogP contribution in [-0.4, -0.2) is 12.2 Å². The first-order valence-electron chi connectivity index (χ1n) is 5.45. The molecule has 2 nitrogen and oxygen atoms in total. The van der Waals surface area contributed by atoms with Crippen LogP contribution >= 0.6 is 0 Å². The van der Waals surface area contributed by atoms with Gasteiger partial charge in [0.25, 0.3) is 0 Å². The van der Waals surface area contributed by atoms with Gasteiger partial charge in [0.2, 0.25) is 0 Å². The van der Waals surface area contributed by atoms with Crippen LogP contribution in [0.25, 0.3) is 0 Å². The average Bonchev–Trinajstić information content (AvgIpc) is 2.17. The molecule has 0 saturated carbocycles. The van der Waals surface area contributed by atoms with Gasteiger partial charge in [-0.1, -0.05) is 30.3 Å².